The number of methoxy groups -OCH3 is 1. The zero-order valence-corrected chi connectivity index (χ0v) is 20.4. The van der Waals surface area contributed by atoms with Gasteiger partial charge in [0.1, 0.15) is 11.8 Å². The minimum absolute atomic E-state index is 0.358. The normalized spacial score (nSPS) is 11.5. The van der Waals surface area contributed by atoms with Gasteiger partial charge in [0.15, 0.2) is 0 Å². The Morgan fingerprint density at radius 1 is 1.30 bits per heavy atom. The second kappa shape index (κ2) is 10.9. The average Bonchev–Trinajstić information content (AvgIpc) is 2.81. The molecule has 0 aliphatic rings. The van der Waals surface area contributed by atoms with E-state index in [-0.39, 0.29) is 0 Å². The first kappa shape index (κ1) is 24.2. The number of likely N-dealkylation sites (N-methyl/N-ethyl adjacent to an activating group) is 1. The Morgan fingerprint density at radius 2 is 2.06 bits per heavy atom. The van der Waals surface area contributed by atoms with E-state index in [1.807, 2.05) is 30.3 Å². The quantitative estimate of drug-likeness (QED) is 0.401. The number of carbonyl (C=O) groups excluding carboxylic acids is 1. The summed E-state index contributed by atoms with van der Waals surface area (Å²) in [6, 6.07) is 13.4. The van der Waals surface area contributed by atoms with Crippen LogP contribution >= 0.6 is 15.9 Å². The van der Waals surface area contributed by atoms with Crippen molar-refractivity contribution in [3.05, 3.63) is 64.3 Å². The Kier molecular flexibility index (Phi) is 8.04. The van der Waals surface area contributed by atoms with E-state index in [1.165, 1.54) is 13.3 Å². The highest BCUT2D eigenvalue weighted by Crippen LogP contribution is 2.36. The summed E-state index contributed by atoms with van der Waals surface area (Å²) in [4.78, 5) is 19.0. The van der Waals surface area contributed by atoms with Crippen LogP contribution in [0.2, 0.25) is 0 Å². The summed E-state index contributed by atoms with van der Waals surface area (Å²) < 4.78 is 6.49. The predicted octanol–water partition coefficient (Wildman–Crippen LogP) is 4.83. The third-order valence-electron chi connectivity index (χ3n) is 5.41. The lowest BCUT2D eigenvalue weighted by Gasteiger charge is -2.18. The number of aromatic nitrogens is 1. The van der Waals surface area contributed by atoms with Crippen molar-refractivity contribution in [3.63, 3.8) is 0 Å². The molecule has 0 atom stereocenters. The molecular weight excluding hydrogens is 482 g/mol. The van der Waals surface area contributed by atoms with E-state index >= 15 is 0 Å². The second-order valence-corrected chi connectivity index (χ2v) is 8.25. The van der Waals surface area contributed by atoms with Crippen molar-refractivity contribution in [3.8, 4) is 11.8 Å². The van der Waals surface area contributed by atoms with Crippen LogP contribution in [-0.4, -0.2) is 42.5 Å². The molecule has 0 radical (unpaired) electrons. The van der Waals surface area contributed by atoms with Crippen LogP contribution in [0.25, 0.3) is 16.5 Å². The minimum atomic E-state index is -0.550. The van der Waals surface area contributed by atoms with Crippen molar-refractivity contribution in [2.75, 3.05) is 32.1 Å². The summed E-state index contributed by atoms with van der Waals surface area (Å²) >= 11 is 3.47. The van der Waals surface area contributed by atoms with Gasteiger partial charge in [-0.15, -0.1) is 0 Å². The molecule has 0 saturated heterocycles. The van der Waals surface area contributed by atoms with Crippen LogP contribution in [0.5, 0.6) is 5.75 Å². The molecule has 0 fully saturated rings. The summed E-state index contributed by atoms with van der Waals surface area (Å²) in [6.07, 6.45) is 3.34. The Morgan fingerprint density at radius 3 is 2.67 bits per heavy atom. The van der Waals surface area contributed by atoms with E-state index < -0.39 is 5.91 Å². The fourth-order valence-electron chi connectivity index (χ4n) is 3.57. The van der Waals surface area contributed by atoms with Crippen molar-refractivity contribution in [1.82, 2.24) is 9.88 Å². The van der Waals surface area contributed by atoms with Crippen LogP contribution in [-0.2, 0) is 4.79 Å². The number of hydrogen-bond acceptors (Lipinski definition) is 6. The number of fused-ring (bicyclic) bond motifs is 1. The van der Waals surface area contributed by atoms with Gasteiger partial charge in [0.2, 0.25) is 5.91 Å². The Labute approximate surface area is 202 Å². The average molecular weight is 508 g/mol. The standard InChI is InChI=1S/C25H26BrN5O2/c1-4-31(5-2)10-9-19(25(28)32)20-12-21-22(13-23(20)33-3)29-15-16(14-27)24(21)30-18-8-6-7-17(26)11-18/h6-9,11-13,15H,4-5,10H2,1-3H3,(H2,28,32)(H,29,30). The molecule has 0 aliphatic heterocycles. The number of primary amides is 1. The van der Waals surface area contributed by atoms with Gasteiger partial charge in [0, 0.05) is 45.5 Å². The molecule has 0 spiro atoms. The summed E-state index contributed by atoms with van der Waals surface area (Å²) in [5.74, 6) is -0.0663. The number of anilines is 2. The highest BCUT2D eigenvalue weighted by atomic mass is 79.9. The first-order chi connectivity index (χ1) is 15.9. The molecule has 3 rings (SSSR count). The van der Waals surface area contributed by atoms with Gasteiger partial charge in [-0.3, -0.25) is 9.78 Å². The van der Waals surface area contributed by atoms with E-state index in [1.54, 1.807) is 12.1 Å². The molecule has 1 aromatic heterocycles. The number of rotatable bonds is 9. The number of halogens is 1. The van der Waals surface area contributed by atoms with E-state index in [0.29, 0.717) is 45.6 Å². The molecule has 0 aliphatic carbocycles. The third-order valence-corrected chi connectivity index (χ3v) is 5.90. The largest absolute Gasteiger partial charge is 0.496 e. The van der Waals surface area contributed by atoms with Gasteiger partial charge in [-0.2, -0.15) is 5.26 Å². The summed E-state index contributed by atoms with van der Waals surface area (Å²) in [6.45, 7) is 6.40. The molecule has 0 saturated carbocycles. The van der Waals surface area contributed by atoms with Crippen LogP contribution < -0.4 is 15.8 Å². The maximum atomic E-state index is 12.4. The number of nitriles is 1. The Bertz CT molecular complexity index is 1250. The number of nitrogens with two attached hydrogens (primary N) is 1. The van der Waals surface area contributed by atoms with Crippen LogP contribution in [0.4, 0.5) is 11.4 Å². The number of ether oxygens (including phenoxy) is 1. The maximum absolute atomic E-state index is 12.4. The maximum Gasteiger partial charge on any atom is 0.249 e. The number of nitrogens with one attached hydrogen (secondary N) is 1. The van der Waals surface area contributed by atoms with E-state index in [4.69, 9.17) is 10.5 Å². The van der Waals surface area contributed by atoms with Gasteiger partial charge in [0.25, 0.3) is 0 Å². The van der Waals surface area contributed by atoms with Crippen LogP contribution in [0.1, 0.15) is 25.0 Å². The van der Waals surface area contributed by atoms with Crippen LogP contribution in [0.15, 0.2) is 53.1 Å². The lowest BCUT2D eigenvalue weighted by molar-refractivity contribution is -0.112. The molecule has 170 valence electrons. The summed E-state index contributed by atoms with van der Waals surface area (Å²) in [5, 5.41) is 13.7. The zero-order chi connectivity index (χ0) is 24.0. The number of nitrogens with zero attached hydrogens (tertiary/aromatic N) is 3. The number of benzene rings is 2. The summed E-state index contributed by atoms with van der Waals surface area (Å²) in [5.41, 5.74) is 9.09. The molecule has 3 aromatic rings. The van der Waals surface area contributed by atoms with Crippen molar-refractivity contribution in [2.45, 2.75) is 13.8 Å². The molecule has 8 heteroatoms. The van der Waals surface area contributed by atoms with Crippen molar-refractivity contribution < 1.29 is 9.53 Å². The lowest BCUT2D eigenvalue weighted by atomic mass is 9.99. The zero-order valence-electron chi connectivity index (χ0n) is 18.9. The van der Waals surface area contributed by atoms with Gasteiger partial charge < -0.3 is 20.7 Å². The molecule has 33 heavy (non-hydrogen) atoms. The molecule has 2 aromatic carbocycles. The SMILES string of the molecule is CCN(CC)CC=C(C(N)=O)c1cc2c(Nc3cccc(Br)c3)c(C#N)cnc2cc1OC. The van der Waals surface area contributed by atoms with E-state index in [0.717, 1.165) is 23.2 Å². The molecule has 0 bridgehead atoms. The van der Waals surface area contributed by atoms with Crippen LogP contribution in [0, 0.1) is 11.3 Å². The van der Waals surface area contributed by atoms with Gasteiger partial charge in [-0.05, 0) is 37.4 Å². The fraction of sp³-hybridized carbons (Fsp3) is 0.240. The third kappa shape index (κ3) is 5.51. The topological polar surface area (TPSA) is 104 Å². The van der Waals surface area contributed by atoms with E-state index in [9.17, 15) is 10.1 Å². The second-order valence-electron chi connectivity index (χ2n) is 7.33. The minimum Gasteiger partial charge on any atom is -0.496 e. The van der Waals surface area contributed by atoms with Crippen LogP contribution in [0.3, 0.4) is 0 Å². The Hall–Kier alpha value is -3.41. The van der Waals surface area contributed by atoms with Gasteiger partial charge in [-0.1, -0.05) is 41.9 Å². The molecular formula is C25H26BrN5O2. The number of amides is 1. The lowest BCUT2D eigenvalue weighted by Crippen LogP contribution is -2.24. The number of carbonyl (C=O) groups is 1. The van der Waals surface area contributed by atoms with E-state index in [2.05, 4.69) is 51.0 Å². The fourth-order valence-corrected chi connectivity index (χ4v) is 3.97. The smallest absolute Gasteiger partial charge is 0.249 e. The summed E-state index contributed by atoms with van der Waals surface area (Å²) in [7, 11) is 1.54. The first-order valence-electron chi connectivity index (χ1n) is 10.6. The number of hydrogen-bond donors (Lipinski definition) is 2. The molecule has 3 N–H and O–H groups in total. The van der Waals surface area contributed by atoms with Crippen molar-refractivity contribution in [2.24, 2.45) is 5.73 Å². The monoisotopic (exact) mass is 507 g/mol. The first-order valence-corrected chi connectivity index (χ1v) is 11.4. The highest BCUT2D eigenvalue weighted by molar-refractivity contribution is 9.10. The molecule has 7 nitrogen and oxygen atoms in total. The molecule has 1 heterocycles. The van der Waals surface area contributed by atoms with Gasteiger partial charge in [0.05, 0.1) is 23.9 Å². The predicted molar refractivity (Wildman–Crippen MR) is 135 cm³/mol. The highest BCUT2D eigenvalue weighted by Gasteiger charge is 2.19. The van der Waals surface area contributed by atoms with Crippen molar-refractivity contribution in [1.29, 1.82) is 5.26 Å². The Balaban J connectivity index is 2.22. The van der Waals surface area contributed by atoms with Crippen molar-refractivity contribution >= 4 is 49.7 Å². The van der Waals surface area contributed by atoms with Gasteiger partial charge in [-0.25, -0.2) is 0 Å². The molecule has 0 unspecified atom stereocenters. The van der Waals surface area contributed by atoms with Gasteiger partial charge >= 0.3 is 0 Å². The number of pyridine rings is 1. The molecule has 1 amide bonds.